The number of nitrogens with one attached hydrogen (secondary N) is 1. The standard InChI is InChI=1S/C22H23N3O6/c1-29-17-7-5-4-6-15(17)25-20(27)13-16(26)21(24-25)22(28)23-11-10-14-8-9-18(30-2)19(12-14)31-3/h4-9,12-13,26H,10-11H2,1-3H3,(H,23,28). The predicted molar refractivity (Wildman–Crippen MR) is 114 cm³/mol. The highest BCUT2D eigenvalue weighted by Crippen LogP contribution is 2.27. The minimum absolute atomic E-state index is 0.266. The molecule has 9 nitrogen and oxygen atoms in total. The summed E-state index contributed by atoms with van der Waals surface area (Å²) in [7, 11) is 4.57. The van der Waals surface area contributed by atoms with Gasteiger partial charge in [-0.1, -0.05) is 18.2 Å². The number of benzene rings is 2. The second kappa shape index (κ2) is 9.66. The van der Waals surface area contributed by atoms with Gasteiger partial charge in [-0.25, -0.2) is 0 Å². The quantitative estimate of drug-likeness (QED) is 0.567. The summed E-state index contributed by atoms with van der Waals surface area (Å²) in [6, 6.07) is 13.2. The van der Waals surface area contributed by atoms with Crippen molar-refractivity contribution < 1.29 is 24.1 Å². The second-order valence-electron chi connectivity index (χ2n) is 6.50. The fourth-order valence-corrected chi connectivity index (χ4v) is 3.03. The average molecular weight is 425 g/mol. The zero-order valence-corrected chi connectivity index (χ0v) is 17.4. The third-order valence-electron chi connectivity index (χ3n) is 4.59. The molecule has 31 heavy (non-hydrogen) atoms. The van der Waals surface area contributed by atoms with Crippen molar-refractivity contribution in [3.63, 3.8) is 0 Å². The van der Waals surface area contributed by atoms with Crippen LogP contribution in [0.15, 0.2) is 53.3 Å². The summed E-state index contributed by atoms with van der Waals surface area (Å²) in [6.45, 7) is 0.281. The van der Waals surface area contributed by atoms with E-state index in [1.807, 2.05) is 12.1 Å². The van der Waals surface area contributed by atoms with Crippen LogP contribution in [0.5, 0.6) is 23.0 Å². The lowest BCUT2D eigenvalue weighted by molar-refractivity contribution is 0.0944. The SMILES string of the molecule is COc1ccc(CCNC(=O)c2nn(-c3ccccc3OC)c(=O)cc2O)cc1OC. The molecule has 0 aliphatic rings. The number of hydrogen-bond donors (Lipinski definition) is 2. The monoisotopic (exact) mass is 425 g/mol. The molecule has 3 rings (SSSR count). The molecule has 3 aromatic rings. The van der Waals surface area contributed by atoms with Gasteiger partial charge < -0.3 is 24.6 Å². The van der Waals surface area contributed by atoms with Crippen LogP contribution in [0.4, 0.5) is 0 Å². The molecule has 0 unspecified atom stereocenters. The number of nitrogens with zero attached hydrogens (tertiary/aromatic N) is 2. The highest BCUT2D eigenvalue weighted by Gasteiger charge is 2.18. The Kier molecular flexibility index (Phi) is 6.76. The van der Waals surface area contributed by atoms with Gasteiger partial charge in [-0.3, -0.25) is 9.59 Å². The number of carbonyl (C=O) groups is 1. The first-order chi connectivity index (χ1) is 15.0. The number of methoxy groups -OCH3 is 3. The number of amides is 1. The number of rotatable bonds is 8. The smallest absolute Gasteiger partial charge is 0.275 e. The molecule has 9 heteroatoms. The normalized spacial score (nSPS) is 10.4. The summed E-state index contributed by atoms with van der Waals surface area (Å²) >= 11 is 0. The predicted octanol–water partition coefficient (Wildman–Crippen LogP) is 1.94. The summed E-state index contributed by atoms with van der Waals surface area (Å²) in [6.07, 6.45) is 0.513. The van der Waals surface area contributed by atoms with Crippen LogP contribution in [0.3, 0.4) is 0 Å². The Hall–Kier alpha value is -4.01. The Morgan fingerprint density at radius 2 is 1.71 bits per heavy atom. The van der Waals surface area contributed by atoms with Gasteiger partial charge in [0.25, 0.3) is 11.5 Å². The maximum Gasteiger partial charge on any atom is 0.275 e. The van der Waals surface area contributed by atoms with E-state index in [-0.39, 0.29) is 12.2 Å². The van der Waals surface area contributed by atoms with Gasteiger partial charge >= 0.3 is 0 Å². The van der Waals surface area contributed by atoms with E-state index in [1.165, 1.54) is 7.11 Å². The molecule has 2 aromatic carbocycles. The topological polar surface area (TPSA) is 112 Å². The molecule has 0 aliphatic carbocycles. The van der Waals surface area contributed by atoms with Gasteiger partial charge in [-0.2, -0.15) is 9.78 Å². The summed E-state index contributed by atoms with van der Waals surface area (Å²) in [4.78, 5) is 24.9. The van der Waals surface area contributed by atoms with Crippen molar-refractivity contribution in [3.05, 3.63) is 70.1 Å². The molecule has 1 heterocycles. The van der Waals surface area contributed by atoms with E-state index < -0.39 is 17.2 Å². The molecule has 0 bridgehead atoms. The van der Waals surface area contributed by atoms with Gasteiger partial charge in [0.2, 0.25) is 0 Å². The van der Waals surface area contributed by atoms with Crippen molar-refractivity contribution in [1.29, 1.82) is 0 Å². The molecule has 0 aliphatic heterocycles. The number of carbonyl (C=O) groups excluding carboxylic acids is 1. The van der Waals surface area contributed by atoms with Crippen molar-refractivity contribution >= 4 is 5.91 Å². The first-order valence-electron chi connectivity index (χ1n) is 9.44. The molecule has 0 radical (unpaired) electrons. The van der Waals surface area contributed by atoms with Gasteiger partial charge in [-0.15, -0.1) is 0 Å². The zero-order valence-electron chi connectivity index (χ0n) is 17.4. The Bertz CT molecular complexity index is 1140. The van der Waals surface area contributed by atoms with Crippen LogP contribution in [-0.2, 0) is 6.42 Å². The van der Waals surface area contributed by atoms with E-state index in [1.54, 1.807) is 44.6 Å². The van der Waals surface area contributed by atoms with Crippen LogP contribution in [-0.4, -0.2) is 48.7 Å². The molecule has 1 aromatic heterocycles. The van der Waals surface area contributed by atoms with Crippen molar-refractivity contribution in [1.82, 2.24) is 15.1 Å². The Morgan fingerprint density at radius 3 is 2.42 bits per heavy atom. The fourth-order valence-electron chi connectivity index (χ4n) is 3.03. The van der Waals surface area contributed by atoms with E-state index >= 15 is 0 Å². The molecule has 0 spiro atoms. The minimum Gasteiger partial charge on any atom is -0.505 e. The van der Waals surface area contributed by atoms with Crippen LogP contribution >= 0.6 is 0 Å². The van der Waals surface area contributed by atoms with Crippen LogP contribution in [0.1, 0.15) is 16.1 Å². The summed E-state index contributed by atoms with van der Waals surface area (Å²) < 4.78 is 16.8. The molecular weight excluding hydrogens is 402 g/mol. The van der Waals surface area contributed by atoms with E-state index in [9.17, 15) is 14.7 Å². The van der Waals surface area contributed by atoms with Gasteiger partial charge in [0.15, 0.2) is 22.9 Å². The summed E-state index contributed by atoms with van der Waals surface area (Å²) in [5.74, 6) is 0.501. The largest absolute Gasteiger partial charge is 0.505 e. The molecule has 0 saturated heterocycles. The Balaban J connectivity index is 1.77. The van der Waals surface area contributed by atoms with Crippen molar-refractivity contribution in [3.8, 4) is 28.7 Å². The molecule has 162 valence electrons. The van der Waals surface area contributed by atoms with E-state index in [2.05, 4.69) is 10.4 Å². The van der Waals surface area contributed by atoms with Crippen molar-refractivity contribution in [2.75, 3.05) is 27.9 Å². The zero-order chi connectivity index (χ0) is 22.4. The lowest BCUT2D eigenvalue weighted by Gasteiger charge is -2.12. The lowest BCUT2D eigenvalue weighted by Crippen LogP contribution is -2.30. The Morgan fingerprint density at radius 1 is 1.00 bits per heavy atom. The molecular formula is C22H23N3O6. The second-order valence-corrected chi connectivity index (χ2v) is 6.50. The number of aromatic nitrogens is 2. The van der Waals surface area contributed by atoms with E-state index in [0.717, 1.165) is 16.3 Å². The van der Waals surface area contributed by atoms with Crippen molar-refractivity contribution in [2.24, 2.45) is 0 Å². The van der Waals surface area contributed by atoms with Crippen LogP contribution in [0, 0.1) is 0 Å². The Labute approximate surface area is 178 Å². The maximum absolute atomic E-state index is 12.6. The molecule has 0 atom stereocenters. The summed E-state index contributed by atoms with van der Waals surface area (Å²) in [5, 5.41) is 16.9. The number of para-hydroxylation sites is 2. The molecule has 0 fully saturated rings. The summed E-state index contributed by atoms with van der Waals surface area (Å²) in [5.41, 5.74) is 0.421. The first kappa shape index (κ1) is 21.7. The van der Waals surface area contributed by atoms with E-state index in [4.69, 9.17) is 14.2 Å². The van der Waals surface area contributed by atoms with Gasteiger partial charge in [0.1, 0.15) is 11.4 Å². The fraction of sp³-hybridized carbons (Fsp3) is 0.227. The molecule has 2 N–H and O–H groups in total. The third kappa shape index (κ3) is 4.77. The molecule has 1 amide bonds. The number of hydrogen-bond acceptors (Lipinski definition) is 7. The van der Waals surface area contributed by atoms with Crippen LogP contribution < -0.4 is 25.1 Å². The average Bonchev–Trinajstić information content (AvgIpc) is 2.79. The number of aromatic hydroxyl groups is 1. The van der Waals surface area contributed by atoms with Gasteiger partial charge in [-0.05, 0) is 36.2 Å². The highest BCUT2D eigenvalue weighted by molar-refractivity contribution is 5.94. The lowest BCUT2D eigenvalue weighted by atomic mass is 10.1. The highest BCUT2D eigenvalue weighted by atomic mass is 16.5. The van der Waals surface area contributed by atoms with Crippen LogP contribution in [0.25, 0.3) is 5.69 Å². The van der Waals surface area contributed by atoms with E-state index in [0.29, 0.717) is 29.4 Å². The van der Waals surface area contributed by atoms with Crippen LogP contribution in [0.2, 0.25) is 0 Å². The molecule has 0 saturated carbocycles. The van der Waals surface area contributed by atoms with Gasteiger partial charge in [0.05, 0.1) is 21.3 Å². The maximum atomic E-state index is 12.6. The van der Waals surface area contributed by atoms with Crippen molar-refractivity contribution in [2.45, 2.75) is 6.42 Å². The number of ether oxygens (including phenoxy) is 3. The van der Waals surface area contributed by atoms with Gasteiger partial charge in [0, 0.05) is 12.6 Å². The first-order valence-corrected chi connectivity index (χ1v) is 9.44. The minimum atomic E-state index is -0.610. The third-order valence-corrected chi connectivity index (χ3v) is 4.59.